The van der Waals surface area contributed by atoms with Crippen molar-refractivity contribution >= 4 is 34.0 Å². The van der Waals surface area contributed by atoms with Gasteiger partial charge in [0.1, 0.15) is 0 Å². The van der Waals surface area contributed by atoms with Gasteiger partial charge in [0.25, 0.3) is 0 Å². The number of nitrogens with zero attached hydrogens (tertiary/aromatic N) is 2. The standard InChI is InChI=1S/2C11H14NO4.2C2H6OS.4H2O.4O.2U/c2*13-6-11(7-14,8-15)12-5-9-3-1-2-4-10(9)16;2*1-4(2)3;;;;;;;;;;/h2*1-5,13-14,16H,6-8H2;2*1-2H3;4*1H2;;;;;;/q2*-1;;;;;;;4*-2;;/p-2. The number of hydrogen-bond donors (Lipinski definition) is 4. The fourth-order valence-corrected chi connectivity index (χ4v) is 2.11. The maximum absolute atomic E-state index is 11.3. The number of aliphatic hydroxyl groups is 4. The van der Waals surface area contributed by atoms with Gasteiger partial charge in [-0.25, -0.2) is 0 Å². The molecule has 24 heteroatoms. The summed E-state index contributed by atoms with van der Waals surface area (Å²) in [6.07, 6.45) is 8.99. The van der Waals surface area contributed by atoms with Crippen molar-refractivity contribution in [3.05, 3.63) is 59.7 Å². The summed E-state index contributed by atoms with van der Waals surface area (Å²) < 4.78 is 19.1. The average Bonchev–Trinajstić information content (AvgIpc) is 2.92. The number of benzene rings is 2. The molecule has 0 spiro atoms. The molecule has 0 bridgehead atoms. The van der Waals surface area contributed by atoms with Gasteiger partial charge in [-0.05, 0) is 11.1 Å². The van der Waals surface area contributed by atoms with Crippen LogP contribution in [0.15, 0.2) is 58.5 Å². The molecule has 0 aliphatic carbocycles. The first-order chi connectivity index (χ1) is 18.8. The zero-order valence-electron chi connectivity index (χ0n) is 27.6. The van der Waals surface area contributed by atoms with Crippen LogP contribution in [0.25, 0.3) is 0 Å². The van der Waals surface area contributed by atoms with Crippen molar-refractivity contribution in [3.8, 4) is 11.5 Å². The van der Waals surface area contributed by atoms with Crippen molar-refractivity contribution in [2.45, 2.75) is 11.1 Å². The van der Waals surface area contributed by atoms with Crippen molar-refractivity contribution in [1.82, 2.24) is 0 Å². The number of rotatable bonds is 10. The Morgan fingerprint density at radius 2 is 0.780 bits per heavy atom. The van der Waals surface area contributed by atoms with E-state index in [0.29, 0.717) is 11.1 Å². The van der Waals surface area contributed by atoms with Gasteiger partial charge in [0.15, 0.2) is 0 Å². The second kappa shape index (κ2) is 48.2. The summed E-state index contributed by atoms with van der Waals surface area (Å²) in [5, 5.41) is 80.1. The molecule has 0 fully saturated rings. The third-order valence-electron chi connectivity index (χ3n) is 4.51. The average molecular weight is 1210 g/mol. The van der Waals surface area contributed by atoms with Crippen molar-refractivity contribution in [3.63, 3.8) is 0 Å². The van der Waals surface area contributed by atoms with E-state index in [1.165, 1.54) is 24.6 Å². The van der Waals surface area contributed by atoms with E-state index in [4.69, 9.17) is 20.4 Å². The predicted molar refractivity (Wildman–Crippen MR) is 168 cm³/mol. The molecule has 0 saturated carbocycles. The molecule has 0 aliphatic heterocycles. The van der Waals surface area contributed by atoms with E-state index < -0.39 is 72.3 Å². The van der Waals surface area contributed by atoms with Crippen LogP contribution in [0, 0.1) is 62.2 Å². The molecule has 0 heterocycles. The molecule has 2 rings (SSSR count). The Kier molecular flexibility index (Phi) is 79.7. The summed E-state index contributed by atoms with van der Waals surface area (Å²) in [4.78, 5) is 7.61. The van der Waals surface area contributed by atoms with Crippen LogP contribution >= 0.6 is 0 Å². The van der Waals surface area contributed by atoms with Gasteiger partial charge in [-0.2, -0.15) is 0 Å². The maximum atomic E-state index is 11.3. The third kappa shape index (κ3) is 38.5. The number of hydrogen-bond acceptors (Lipinski definition) is 12. The number of aliphatic imine (C=N–C) groups is 2. The van der Waals surface area contributed by atoms with Gasteiger partial charge < -0.3 is 84.7 Å². The molecular formula is C26H46N2O18S2U2-12. The van der Waals surface area contributed by atoms with Crippen LogP contribution in [0.5, 0.6) is 11.5 Å². The van der Waals surface area contributed by atoms with Crippen LogP contribution in [0.3, 0.4) is 0 Å². The van der Waals surface area contributed by atoms with Gasteiger partial charge in [-0.1, -0.05) is 48.5 Å². The topological polar surface area (TPSA) is 472 Å². The van der Waals surface area contributed by atoms with Crippen LogP contribution < -0.4 is 20.4 Å². The van der Waals surface area contributed by atoms with Gasteiger partial charge in [-0.3, -0.25) is 18.4 Å². The minimum atomic E-state index is -1.44. The summed E-state index contributed by atoms with van der Waals surface area (Å²) >= 11 is 0. The van der Waals surface area contributed by atoms with Gasteiger partial charge in [0, 0.05) is 121 Å². The second-order valence-electron chi connectivity index (χ2n) is 8.45. The van der Waals surface area contributed by atoms with Crippen LogP contribution in [0.2, 0.25) is 0 Å². The second-order valence-corrected chi connectivity index (χ2v) is 11.4. The maximum Gasteiger partial charge on any atom is 0.0915 e. The monoisotopic (exact) mass is 1210 g/mol. The summed E-state index contributed by atoms with van der Waals surface area (Å²) in [5.41, 5.74) is -2.24. The summed E-state index contributed by atoms with van der Waals surface area (Å²) in [6.45, 7) is -3.68. The zero-order valence-corrected chi connectivity index (χ0v) is 37.6. The summed E-state index contributed by atoms with van der Waals surface area (Å²) in [5.74, 6) is -0.441. The molecule has 0 aromatic heterocycles. The Bertz CT molecular complexity index is 977. The first-order valence-electron chi connectivity index (χ1n) is 11.5. The first kappa shape index (κ1) is 82.6. The molecule has 300 valence electrons. The minimum absolute atomic E-state index is 0. The number of aliphatic hydroxyl groups excluding tert-OH is 4. The minimum Gasteiger partial charge on any atom is -2.00 e. The zero-order chi connectivity index (χ0) is 31.2. The first-order valence-corrected chi connectivity index (χ1v) is 15.5. The molecular weight excluding hydrogens is 1170 g/mol. The van der Waals surface area contributed by atoms with Crippen molar-refractivity contribution in [2.24, 2.45) is 9.98 Å². The van der Waals surface area contributed by atoms with Gasteiger partial charge >= 0.3 is 0 Å². The molecule has 0 saturated heterocycles. The van der Waals surface area contributed by atoms with Gasteiger partial charge in [-0.15, -0.1) is 24.7 Å². The fraction of sp³-hybridized carbons (Fsp3) is 0.462. The molecule has 0 amide bonds. The molecule has 0 radical (unpaired) electrons. The van der Waals surface area contributed by atoms with Crippen molar-refractivity contribution in [1.29, 1.82) is 0 Å². The van der Waals surface area contributed by atoms with Gasteiger partial charge in [0.05, 0.1) is 37.5 Å². The summed E-state index contributed by atoms with van der Waals surface area (Å²) in [7, 11) is -1.22. The smallest absolute Gasteiger partial charge is 0.0915 e. The van der Waals surface area contributed by atoms with Crippen LogP contribution in [-0.4, -0.2) is 139 Å². The largest absolute Gasteiger partial charge is 2.00 e. The van der Waals surface area contributed by atoms with E-state index in [2.05, 4.69) is 9.98 Å². The Labute approximate surface area is 343 Å². The SMILES string of the molecule is CS(C)=O.CS(C)=O.O.O.O.O.[O-2].[O-2].[O-2].[O-2].[O-]CC(CO)(CO)N=Cc1ccccc1[O-].[O-]CC(CO)(CO)N=Cc1ccccc1[O-].[U].[U]. The summed E-state index contributed by atoms with van der Waals surface area (Å²) in [6, 6.07) is 12.4. The van der Waals surface area contributed by atoms with E-state index in [0.717, 1.165) is 0 Å². The molecule has 0 aliphatic rings. The third-order valence-corrected chi connectivity index (χ3v) is 4.51. The van der Waals surface area contributed by atoms with E-state index in [-0.39, 0.29) is 118 Å². The van der Waals surface area contributed by atoms with E-state index >= 15 is 0 Å². The van der Waals surface area contributed by atoms with Crippen LogP contribution in [0.4, 0.5) is 0 Å². The molecule has 0 unspecified atom stereocenters. The van der Waals surface area contributed by atoms with Crippen molar-refractivity contribution in [2.75, 3.05) is 64.7 Å². The predicted octanol–water partition coefficient (Wildman–Crippen LogP) is -7.26. The number of para-hydroxylation sites is 2. The molecule has 20 nitrogen and oxygen atoms in total. The van der Waals surface area contributed by atoms with E-state index in [1.807, 2.05) is 0 Å². The molecule has 2 aromatic carbocycles. The molecule has 50 heavy (non-hydrogen) atoms. The Morgan fingerprint density at radius 3 is 0.940 bits per heavy atom. The van der Waals surface area contributed by atoms with E-state index in [1.54, 1.807) is 61.4 Å². The molecule has 12 N–H and O–H groups in total. The van der Waals surface area contributed by atoms with E-state index in [9.17, 15) is 28.8 Å². The van der Waals surface area contributed by atoms with Crippen LogP contribution in [0.1, 0.15) is 11.1 Å². The Hall–Kier alpha value is -0.776. The van der Waals surface area contributed by atoms with Gasteiger partial charge in [0.2, 0.25) is 0 Å². The molecule has 2 aromatic rings. The normalized spacial score (nSPS) is 9.20. The quantitative estimate of drug-likeness (QED) is 0.163. The Balaban J connectivity index is -0.0000000407. The van der Waals surface area contributed by atoms with Crippen LogP contribution in [-0.2, 0) is 43.5 Å². The Morgan fingerprint density at radius 1 is 0.580 bits per heavy atom. The fourth-order valence-electron chi connectivity index (χ4n) is 2.11. The molecule has 0 atom stereocenters. The van der Waals surface area contributed by atoms with Crippen molar-refractivity contribution < 1.29 is 155 Å².